The molecule has 0 bridgehead atoms. The first-order valence-electron chi connectivity index (χ1n) is 17.3. The fourth-order valence-electron chi connectivity index (χ4n) is 10.9. The fraction of sp³-hybridized carbons (Fsp3) is 0.564. The summed E-state index contributed by atoms with van der Waals surface area (Å²) >= 11 is 0. The summed E-state index contributed by atoms with van der Waals surface area (Å²) in [7, 11) is -1.52. The zero-order valence-corrected chi connectivity index (χ0v) is 30.4. The Morgan fingerprint density at radius 3 is 2.35 bits per heavy atom. The highest BCUT2D eigenvalue weighted by molar-refractivity contribution is 7.49. The molecule has 3 fully saturated rings. The molecule has 0 saturated heterocycles. The maximum atomic E-state index is 13.8. The Bertz CT molecular complexity index is 1910. The van der Waals surface area contributed by atoms with Gasteiger partial charge in [-0.05, 0) is 115 Å². The van der Waals surface area contributed by atoms with Gasteiger partial charge in [-0.3, -0.25) is 13.8 Å². The molecule has 1 aromatic heterocycles. The molecule has 7 rings (SSSR count). The molecule has 0 amide bonds. The number of carbonyl (C=O) groups is 1. The van der Waals surface area contributed by atoms with E-state index in [4.69, 9.17) is 13.6 Å². The van der Waals surface area contributed by atoms with Gasteiger partial charge >= 0.3 is 13.8 Å². The first-order chi connectivity index (χ1) is 22.5. The molecule has 4 aliphatic rings. The summed E-state index contributed by atoms with van der Waals surface area (Å²) < 4.78 is 28.3. The summed E-state index contributed by atoms with van der Waals surface area (Å²) in [5, 5.41) is 23.3. The zero-order valence-electron chi connectivity index (χ0n) is 29.5. The number of allylic oxidation sites excluding steroid dienone is 2. The molecule has 2 aromatic carbocycles. The molecule has 9 heteroatoms. The van der Waals surface area contributed by atoms with Crippen molar-refractivity contribution in [2.75, 3.05) is 14.2 Å². The minimum Gasteiger partial charge on any atom is -0.504 e. The molecule has 0 spiro atoms. The van der Waals surface area contributed by atoms with Gasteiger partial charge in [0.15, 0.2) is 11.5 Å². The number of rotatable bonds is 5. The Morgan fingerprint density at radius 1 is 0.958 bits per heavy atom. The maximum absolute atomic E-state index is 13.8. The van der Waals surface area contributed by atoms with E-state index in [0.29, 0.717) is 12.8 Å². The van der Waals surface area contributed by atoms with Crippen LogP contribution < -0.4 is 0 Å². The molecule has 1 unspecified atom stereocenters. The first-order valence-corrected chi connectivity index (χ1v) is 18.8. The number of para-hydroxylation sites is 1. The first kappa shape index (κ1) is 33.4. The van der Waals surface area contributed by atoms with E-state index in [1.165, 1.54) is 19.8 Å². The minimum atomic E-state index is -3.98. The molecule has 258 valence electrons. The number of carbonyl (C=O) groups excluding carboxylic acids is 1. The van der Waals surface area contributed by atoms with Gasteiger partial charge in [-0.15, -0.1) is 0 Å². The Morgan fingerprint density at radius 2 is 1.65 bits per heavy atom. The molecule has 7 atom stereocenters. The van der Waals surface area contributed by atoms with Crippen LogP contribution in [-0.4, -0.2) is 35.4 Å². The van der Waals surface area contributed by atoms with Gasteiger partial charge in [0.2, 0.25) is 0 Å². The fourth-order valence-corrected chi connectivity index (χ4v) is 11.6. The van der Waals surface area contributed by atoms with Gasteiger partial charge in [0.1, 0.15) is 0 Å². The number of H-pyrrole nitrogens is 1. The van der Waals surface area contributed by atoms with Gasteiger partial charge in [-0.2, -0.15) is 0 Å². The predicted molar refractivity (Wildman–Crippen MR) is 186 cm³/mol. The lowest BCUT2D eigenvalue weighted by molar-refractivity contribution is -0.176. The van der Waals surface area contributed by atoms with E-state index in [-0.39, 0.29) is 45.0 Å². The van der Waals surface area contributed by atoms with Crippen LogP contribution in [0.15, 0.2) is 48.2 Å². The van der Waals surface area contributed by atoms with Crippen molar-refractivity contribution in [2.24, 2.45) is 27.6 Å². The van der Waals surface area contributed by atoms with E-state index >= 15 is 0 Å². The molecular weight excluding hydrogens is 625 g/mol. The number of phosphoric ester groups is 1. The average molecular weight is 676 g/mol. The van der Waals surface area contributed by atoms with Crippen LogP contribution in [0.5, 0.6) is 11.5 Å². The minimum absolute atomic E-state index is 0.0397. The van der Waals surface area contributed by atoms with E-state index in [9.17, 15) is 19.6 Å². The van der Waals surface area contributed by atoms with E-state index in [1.54, 1.807) is 0 Å². The summed E-state index contributed by atoms with van der Waals surface area (Å²) in [6, 6.07) is 10.2. The van der Waals surface area contributed by atoms with E-state index in [2.05, 4.69) is 63.2 Å². The number of aromatic amines is 1. The highest BCUT2D eigenvalue weighted by Gasteiger charge is 2.67. The van der Waals surface area contributed by atoms with Crippen LogP contribution in [0.2, 0.25) is 0 Å². The van der Waals surface area contributed by atoms with E-state index in [0.717, 1.165) is 65.3 Å². The number of fused-ring (bicyclic) bond motifs is 8. The van der Waals surface area contributed by atoms with Gasteiger partial charge < -0.3 is 19.7 Å². The van der Waals surface area contributed by atoms with Crippen molar-refractivity contribution >= 4 is 24.7 Å². The molecule has 4 aliphatic carbocycles. The van der Waals surface area contributed by atoms with Crippen molar-refractivity contribution in [3.05, 3.63) is 70.4 Å². The van der Waals surface area contributed by atoms with Gasteiger partial charge in [-0.25, -0.2) is 4.57 Å². The SMILES string of the molecule is COP(=O)(OC)OC(=O)[C@]1(C)CC[C@]2(C)CC[C@]3(C)C4=CC(c5c[nH]c6ccccc56)c5c(cc(O)c(O)c5C)[C@]4(C)CC[C@@]3(C)[C@@H]2C1. The van der Waals surface area contributed by atoms with Crippen molar-refractivity contribution in [1.82, 2.24) is 4.98 Å². The van der Waals surface area contributed by atoms with Crippen LogP contribution in [0.1, 0.15) is 108 Å². The molecular formula is C39H50NO7P. The quantitative estimate of drug-likeness (QED) is 0.140. The average Bonchev–Trinajstić information content (AvgIpc) is 3.50. The predicted octanol–water partition coefficient (Wildman–Crippen LogP) is 9.57. The molecule has 1 heterocycles. The number of benzene rings is 2. The van der Waals surface area contributed by atoms with Crippen LogP contribution in [-0.2, 0) is 28.3 Å². The summed E-state index contributed by atoms with van der Waals surface area (Å²) in [5.74, 6) is -0.578. The van der Waals surface area contributed by atoms with Gasteiger partial charge in [0.25, 0.3) is 0 Å². The summed E-state index contributed by atoms with van der Waals surface area (Å²) in [6.45, 7) is 13.5. The number of phenols is 2. The van der Waals surface area contributed by atoms with Gasteiger partial charge in [0, 0.05) is 42.7 Å². The third kappa shape index (κ3) is 4.41. The van der Waals surface area contributed by atoms with Gasteiger partial charge in [-0.1, -0.05) is 57.5 Å². The number of nitrogens with one attached hydrogen (secondary N) is 1. The van der Waals surface area contributed by atoms with Crippen molar-refractivity contribution in [1.29, 1.82) is 0 Å². The number of phenolic OH excluding ortho intramolecular Hbond substituents is 2. The lowest BCUT2D eigenvalue weighted by Gasteiger charge is -2.70. The summed E-state index contributed by atoms with van der Waals surface area (Å²) in [4.78, 5) is 17.2. The van der Waals surface area contributed by atoms with Crippen molar-refractivity contribution in [3.63, 3.8) is 0 Å². The number of hydrogen-bond acceptors (Lipinski definition) is 7. The Labute approximate surface area is 283 Å². The lowest BCUT2D eigenvalue weighted by atomic mass is 9.34. The zero-order chi connectivity index (χ0) is 34.7. The lowest BCUT2D eigenvalue weighted by Crippen LogP contribution is -2.62. The van der Waals surface area contributed by atoms with Crippen LogP contribution >= 0.6 is 7.82 Å². The summed E-state index contributed by atoms with van der Waals surface area (Å²) in [5.41, 5.74) is 4.96. The highest BCUT2D eigenvalue weighted by atomic mass is 31.2. The number of hydrogen-bond donors (Lipinski definition) is 3. The second-order valence-corrected chi connectivity index (χ2v) is 18.2. The Kier molecular flexibility index (Phi) is 7.47. The standard InChI is InChI=1S/C39H50NO7P/c1-23-32-25(26-22-40-28-12-10-9-11-24(26)28)19-30-37(4,27(32)20-29(41)33(23)42)16-18-39(6)31-21-36(3,34(43)47-48(44,45-7)46-8)14-13-35(31,2)15-17-38(30,39)5/h9-12,19-20,22,25,31,40-42H,13-18,21H2,1-8H3/t25?,31-,35-,36-,37+,38-,39+/m1/s1. The third-order valence-corrected chi connectivity index (χ3v) is 15.5. The van der Waals surface area contributed by atoms with Crippen LogP contribution in [0, 0.1) is 34.5 Å². The van der Waals surface area contributed by atoms with Crippen LogP contribution in [0.3, 0.4) is 0 Å². The molecule has 8 nitrogen and oxygen atoms in total. The van der Waals surface area contributed by atoms with Crippen LogP contribution in [0.25, 0.3) is 10.9 Å². The number of aromatic hydroxyl groups is 2. The Hall–Kier alpha value is -3.06. The summed E-state index contributed by atoms with van der Waals surface area (Å²) in [6.07, 6.45) is 10.6. The van der Waals surface area contributed by atoms with Gasteiger partial charge in [0.05, 0.1) is 5.41 Å². The number of phosphoric acid groups is 1. The second kappa shape index (κ2) is 10.7. The molecule has 3 saturated carbocycles. The van der Waals surface area contributed by atoms with Crippen LogP contribution in [0.4, 0.5) is 0 Å². The second-order valence-electron chi connectivity index (χ2n) is 16.4. The normalized spacial score (nSPS) is 36.0. The molecule has 3 aromatic rings. The smallest absolute Gasteiger partial charge is 0.504 e. The largest absolute Gasteiger partial charge is 0.531 e. The molecule has 0 aliphatic heterocycles. The maximum Gasteiger partial charge on any atom is 0.531 e. The van der Waals surface area contributed by atoms with Crippen molar-refractivity contribution < 1.29 is 33.1 Å². The Balaban J connectivity index is 1.38. The molecule has 0 radical (unpaired) electrons. The van der Waals surface area contributed by atoms with E-state index < -0.39 is 19.2 Å². The third-order valence-electron chi connectivity index (χ3n) is 14.2. The van der Waals surface area contributed by atoms with Crippen molar-refractivity contribution in [2.45, 2.75) is 97.8 Å². The monoisotopic (exact) mass is 675 g/mol. The number of aromatic nitrogens is 1. The van der Waals surface area contributed by atoms with Crippen molar-refractivity contribution in [3.8, 4) is 11.5 Å². The molecule has 48 heavy (non-hydrogen) atoms. The van der Waals surface area contributed by atoms with E-state index in [1.807, 2.05) is 26.0 Å². The topological polar surface area (TPSA) is 118 Å². The highest BCUT2D eigenvalue weighted by Crippen LogP contribution is 2.75. The molecule has 3 N–H and O–H groups in total.